The fraction of sp³-hybridized carbons (Fsp3) is 0. The molecule has 5 heterocycles. The van der Waals surface area contributed by atoms with Crippen molar-refractivity contribution in [2.24, 2.45) is 0 Å². The molecule has 0 spiro atoms. The van der Waals surface area contributed by atoms with Crippen molar-refractivity contribution in [3.8, 4) is 101 Å². The lowest BCUT2D eigenvalue weighted by atomic mass is 9.95. The van der Waals surface area contributed by atoms with Gasteiger partial charge in [0.25, 0.3) is 0 Å². The summed E-state index contributed by atoms with van der Waals surface area (Å²) in [5, 5.41) is 9.27. The molecule has 0 fully saturated rings. The van der Waals surface area contributed by atoms with Crippen LogP contribution in [0.4, 0.5) is 5.69 Å². The van der Waals surface area contributed by atoms with Crippen LogP contribution in [0.15, 0.2) is 315 Å². The fourth-order valence-electron chi connectivity index (χ4n) is 14.6. The topological polar surface area (TPSA) is 52.9 Å². The summed E-state index contributed by atoms with van der Waals surface area (Å²) in [4.78, 5) is 21.2. The zero-order valence-electron chi connectivity index (χ0n) is 51.5. The van der Waals surface area contributed by atoms with Crippen LogP contribution < -0.4 is 0 Å². The maximum absolute atomic E-state index is 9.55. The first kappa shape index (κ1) is 55.3. The van der Waals surface area contributed by atoms with E-state index in [0.29, 0.717) is 28.7 Å². The highest BCUT2D eigenvalue weighted by molar-refractivity contribution is 7.27. The van der Waals surface area contributed by atoms with Gasteiger partial charge in [-0.05, 0) is 117 Å². The van der Waals surface area contributed by atoms with Crippen LogP contribution in [0, 0.1) is 6.57 Å². The summed E-state index contributed by atoms with van der Waals surface area (Å²) < 4.78 is 9.76. The maximum atomic E-state index is 9.55. The summed E-state index contributed by atoms with van der Waals surface area (Å²) in [5.41, 5.74) is 19.3. The van der Waals surface area contributed by atoms with Gasteiger partial charge in [0.15, 0.2) is 23.2 Å². The van der Waals surface area contributed by atoms with E-state index in [0.717, 1.165) is 99.5 Å². The van der Waals surface area contributed by atoms with Gasteiger partial charge in [0.05, 0.1) is 40.0 Å². The zero-order valence-corrected chi connectivity index (χ0v) is 53.2. The molecule has 96 heavy (non-hydrogen) atoms. The molecule has 14 aromatic carbocycles. The van der Waals surface area contributed by atoms with Crippen molar-refractivity contribution in [2.75, 3.05) is 0 Å². The van der Waals surface area contributed by atoms with Gasteiger partial charge in [0.1, 0.15) is 0 Å². The number of rotatable bonds is 10. The summed E-state index contributed by atoms with van der Waals surface area (Å²) in [7, 11) is 0. The minimum Gasteiger partial charge on any atom is -0.308 e. The van der Waals surface area contributed by atoms with Crippen molar-refractivity contribution in [1.29, 1.82) is 0 Å². The van der Waals surface area contributed by atoms with Crippen molar-refractivity contribution in [1.82, 2.24) is 24.1 Å². The molecule has 19 aromatic rings. The van der Waals surface area contributed by atoms with Crippen molar-refractivity contribution < 1.29 is 0 Å². The Bertz CT molecular complexity index is 6290. The van der Waals surface area contributed by atoms with E-state index in [1.165, 1.54) is 62.6 Å². The van der Waals surface area contributed by atoms with E-state index in [1.807, 2.05) is 59.1 Å². The molecule has 8 heteroatoms. The highest BCUT2D eigenvalue weighted by Gasteiger charge is 2.32. The van der Waals surface area contributed by atoms with Crippen LogP contribution in [0.25, 0.3) is 190 Å². The lowest BCUT2D eigenvalue weighted by molar-refractivity contribution is 1.05. The van der Waals surface area contributed by atoms with Gasteiger partial charge in [-0.15, -0.1) is 22.7 Å². The van der Waals surface area contributed by atoms with Crippen LogP contribution in [-0.2, 0) is 0 Å². The molecular weight excluding hydrogens is 1210 g/mol. The molecule has 0 N–H and O–H groups in total. The van der Waals surface area contributed by atoms with Gasteiger partial charge in [-0.2, -0.15) is 0 Å². The largest absolute Gasteiger partial charge is 0.308 e. The van der Waals surface area contributed by atoms with E-state index in [-0.39, 0.29) is 0 Å². The third-order valence-electron chi connectivity index (χ3n) is 19.0. The van der Waals surface area contributed by atoms with Crippen molar-refractivity contribution in [2.45, 2.75) is 0 Å². The van der Waals surface area contributed by atoms with E-state index in [4.69, 9.17) is 15.0 Å². The van der Waals surface area contributed by atoms with E-state index in [2.05, 4.69) is 293 Å². The Labute approximate surface area is 560 Å². The Hall–Kier alpha value is -12.4. The summed E-state index contributed by atoms with van der Waals surface area (Å²) in [5.74, 6) is 1.48. The molecule has 446 valence electrons. The second-order valence-corrected chi connectivity index (χ2v) is 26.5. The number of thiophene rings is 2. The summed E-state index contributed by atoms with van der Waals surface area (Å²) >= 11 is 3.68. The predicted molar refractivity (Wildman–Crippen MR) is 404 cm³/mol. The average Bonchev–Trinajstić information content (AvgIpc) is 1.51. The van der Waals surface area contributed by atoms with Gasteiger partial charge in [-0.1, -0.05) is 249 Å². The Morgan fingerprint density at radius 3 is 1.00 bits per heavy atom. The molecule has 0 saturated heterocycles. The standard InChI is InChI=1S/C88H52N6S2/c1-89-72-53-71(88-91-86(59-33-19-7-20-34-59)90-87(92-88)60-35-21-8-22-36-60)82(93-73-43-37-61(54-23-9-2-10-24-54)51-69(73)80-75(93)45-41-65-67-49-63(56-27-13-4-14-28-56)39-47-77(67)95-84(65)80)83(79(72)58-31-17-6-18-32-58)94-74-44-38-62(55-25-11-3-12-26-55)52-70(74)81-76(94)46-42-66-68-50-64(57-29-15-5-16-30-57)40-48-78(68)96-85(66)81/h2-53H. The van der Waals surface area contributed by atoms with Crippen LogP contribution in [-0.4, -0.2) is 24.1 Å². The lowest BCUT2D eigenvalue weighted by Gasteiger charge is -2.25. The maximum Gasteiger partial charge on any atom is 0.197 e. The second kappa shape index (κ2) is 22.4. The number of benzene rings is 14. The molecule has 0 radical (unpaired) electrons. The van der Waals surface area contributed by atoms with Crippen molar-refractivity contribution >= 4 is 112 Å². The molecule has 5 aromatic heterocycles. The average molecular weight is 1260 g/mol. The number of hydrogen-bond acceptors (Lipinski definition) is 5. The highest BCUT2D eigenvalue weighted by Crippen LogP contribution is 2.54. The summed E-state index contributed by atoms with van der Waals surface area (Å²) in [6, 6.07) is 113. The SMILES string of the molecule is [C-]#[N+]c1cc(-c2nc(-c3ccccc3)nc(-c3ccccc3)n2)c(-n2c3ccc(-c4ccccc4)cc3c3c4sc5ccc(-c6ccccc6)cc5c4ccc32)c(-n2c3ccc(-c4ccccc4)cc3c3c4sc5ccc(-c6ccccc6)cc5c4ccc32)c1-c1ccccc1. The van der Waals surface area contributed by atoms with E-state index < -0.39 is 0 Å². The molecule has 0 bridgehead atoms. The van der Waals surface area contributed by atoms with Crippen molar-refractivity contribution in [3.63, 3.8) is 0 Å². The van der Waals surface area contributed by atoms with Gasteiger partial charge in [-0.3, -0.25) is 0 Å². The normalized spacial score (nSPS) is 11.7. The number of hydrogen-bond donors (Lipinski definition) is 0. The summed E-state index contributed by atoms with van der Waals surface area (Å²) in [6.45, 7) is 9.55. The molecule has 0 atom stereocenters. The van der Waals surface area contributed by atoms with Gasteiger partial charge in [0, 0.05) is 84.1 Å². The van der Waals surface area contributed by atoms with Crippen LogP contribution in [0.2, 0.25) is 0 Å². The smallest absolute Gasteiger partial charge is 0.197 e. The van der Waals surface area contributed by atoms with Gasteiger partial charge in [0.2, 0.25) is 0 Å². The molecule has 19 rings (SSSR count). The Balaban J connectivity index is 1.02. The monoisotopic (exact) mass is 1260 g/mol. The predicted octanol–water partition coefficient (Wildman–Crippen LogP) is 24.7. The minimum absolute atomic E-state index is 0.434. The second-order valence-electron chi connectivity index (χ2n) is 24.4. The highest BCUT2D eigenvalue weighted by atomic mass is 32.1. The molecular formula is C88H52N6S2. The fourth-order valence-corrected chi connectivity index (χ4v) is 17.0. The van der Waals surface area contributed by atoms with Gasteiger partial charge in [-0.25, -0.2) is 19.8 Å². The van der Waals surface area contributed by atoms with Crippen LogP contribution in [0.5, 0.6) is 0 Å². The number of nitrogens with zero attached hydrogens (tertiary/aromatic N) is 6. The van der Waals surface area contributed by atoms with Gasteiger partial charge < -0.3 is 9.13 Å². The van der Waals surface area contributed by atoms with Crippen LogP contribution >= 0.6 is 22.7 Å². The van der Waals surface area contributed by atoms with E-state index >= 15 is 0 Å². The Kier molecular flexibility index (Phi) is 12.9. The third-order valence-corrected chi connectivity index (χ3v) is 21.4. The first-order chi connectivity index (χ1) is 47.6. The molecule has 0 amide bonds. The van der Waals surface area contributed by atoms with E-state index in [9.17, 15) is 6.57 Å². The minimum atomic E-state index is 0.434. The molecule has 0 aliphatic heterocycles. The Morgan fingerprint density at radius 2 is 0.604 bits per heavy atom. The Morgan fingerprint density at radius 1 is 0.271 bits per heavy atom. The molecule has 0 aliphatic rings. The van der Waals surface area contributed by atoms with Gasteiger partial charge >= 0.3 is 0 Å². The number of fused-ring (bicyclic) bond motifs is 14. The third kappa shape index (κ3) is 8.94. The summed E-state index contributed by atoms with van der Waals surface area (Å²) in [6.07, 6.45) is 0. The van der Waals surface area contributed by atoms with Crippen LogP contribution in [0.1, 0.15) is 0 Å². The first-order valence-electron chi connectivity index (χ1n) is 32.2. The van der Waals surface area contributed by atoms with Crippen molar-refractivity contribution in [3.05, 3.63) is 327 Å². The van der Waals surface area contributed by atoms with E-state index in [1.54, 1.807) is 0 Å². The number of aromatic nitrogens is 5. The first-order valence-corrected chi connectivity index (χ1v) is 33.8. The molecule has 0 saturated carbocycles. The molecule has 6 nitrogen and oxygen atoms in total. The molecule has 0 unspecified atom stereocenters. The molecule has 0 aliphatic carbocycles. The zero-order chi connectivity index (χ0) is 63.4. The lowest BCUT2D eigenvalue weighted by Crippen LogP contribution is -2.10. The quantitative estimate of drug-likeness (QED) is 0.128. The van der Waals surface area contributed by atoms with Crippen LogP contribution in [0.3, 0.4) is 0 Å².